The smallest absolute Gasteiger partial charge is 0.215 e. The van der Waals surface area contributed by atoms with Crippen LogP contribution < -0.4 is 0 Å². The zero-order valence-electron chi connectivity index (χ0n) is 9.68. The molecule has 0 radical (unpaired) electrons. The van der Waals surface area contributed by atoms with Crippen LogP contribution in [0.5, 0.6) is 0 Å². The molecule has 1 aliphatic carbocycles. The lowest BCUT2D eigenvalue weighted by molar-refractivity contribution is -0.121. The Morgan fingerprint density at radius 3 is 2.50 bits per heavy atom. The summed E-state index contributed by atoms with van der Waals surface area (Å²) in [5.41, 5.74) is 0. The SMILES string of the molecule is CC(=O)C1CCCCN1S(=O)(=O)CC1CC1. The molecule has 1 heterocycles. The number of carbonyl (C=O) groups is 1. The molecule has 0 spiro atoms. The Bertz CT molecular complexity index is 373. The first-order chi connectivity index (χ1) is 7.50. The summed E-state index contributed by atoms with van der Waals surface area (Å²) >= 11 is 0. The number of hydrogen-bond acceptors (Lipinski definition) is 3. The van der Waals surface area contributed by atoms with E-state index in [2.05, 4.69) is 0 Å². The van der Waals surface area contributed by atoms with E-state index in [0.717, 1.165) is 25.7 Å². The number of sulfonamides is 1. The molecule has 2 rings (SSSR count). The molecule has 2 aliphatic rings. The van der Waals surface area contributed by atoms with Crippen molar-refractivity contribution in [2.24, 2.45) is 5.92 Å². The number of Topliss-reactive ketones (excluding diaryl/α,β-unsaturated/α-hetero) is 1. The molecule has 1 aliphatic heterocycles. The van der Waals surface area contributed by atoms with Crippen molar-refractivity contribution >= 4 is 15.8 Å². The summed E-state index contributed by atoms with van der Waals surface area (Å²) in [6.45, 7) is 2.02. The number of carbonyl (C=O) groups excluding carboxylic acids is 1. The Morgan fingerprint density at radius 1 is 1.25 bits per heavy atom. The quantitative estimate of drug-likeness (QED) is 0.747. The predicted octanol–water partition coefficient (Wildman–Crippen LogP) is 1.17. The van der Waals surface area contributed by atoms with Gasteiger partial charge in [-0.3, -0.25) is 4.79 Å². The van der Waals surface area contributed by atoms with E-state index in [1.807, 2.05) is 0 Å². The summed E-state index contributed by atoms with van der Waals surface area (Å²) in [5, 5.41) is 0. The molecular weight excluding hydrogens is 226 g/mol. The highest BCUT2D eigenvalue weighted by molar-refractivity contribution is 7.89. The average Bonchev–Trinajstić information content (AvgIpc) is 3.01. The van der Waals surface area contributed by atoms with E-state index >= 15 is 0 Å². The van der Waals surface area contributed by atoms with Crippen LogP contribution in [0.15, 0.2) is 0 Å². The van der Waals surface area contributed by atoms with Crippen molar-refractivity contribution in [1.29, 1.82) is 0 Å². The van der Waals surface area contributed by atoms with E-state index in [1.54, 1.807) is 0 Å². The third-order valence-corrected chi connectivity index (χ3v) is 5.47. The molecule has 1 saturated heterocycles. The largest absolute Gasteiger partial charge is 0.298 e. The van der Waals surface area contributed by atoms with Crippen LogP contribution in [-0.4, -0.2) is 36.8 Å². The van der Waals surface area contributed by atoms with Crippen molar-refractivity contribution < 1.29 is 13.2 Å². The molecule has 0 aromatic heterocycles. The lowest BCUT2D eigenvalue weighted by Crippen LogP contribution is -2.48. The number of hydrogen-bond donors (Lipinski definition) is 0. The Hall–Kier alpha value is -0.420. The molecule has 2 fully saturated rings. The number of ketones is 1. The van der Waals surface area contributed by atoms with Gasteiger partial charge in [-0.05, 0) is 38.5 Å². The van der Waals surface area contributed by atoms with Gasteiger partial charge in [0.05, 0.1) is 11.8 Å². The number of piperidine rings is 1. The molecular formula is C11H19NO3S. The van der Waals surface area contributed by atoms with Gasteiger partial charge in [0.2, 0.25) is 10.0 Å². The molecule has 16 heavy (non-hydrogen) atoms. The van der Waals surface area contributed by atoms with Crippen molar-refractivity contribution in [3.05, 3.63) is 0 Å². The normalized spacial score (nSPS) is 27.9. The standard InChI is InChI=1S/C11H19NO3S/c1-9(13)11-4-2-3-7-12(11)16(14,15)8-10-5-6-10/h10-11H,2-8H2,1H3. The molecule has 92 valence electrons. The predicted molar refractivity (Wildman–Crippen MR) is 61.5 cm³/mol. The maximum atomic E-state index is 12.1. The van der Waals surface area contributed by atoms with Crippen LogP contribution >= 0.6 is 0 Å². The molecule has 0 bridgehead atoms. The first-order valence-electron chi connectivity index (χ1n) is 6.00. The van der Waals surface area contributed by atoms with Crippen LogP contribution in [0.4, 0.5) is 0 Å². The first kappa shape index (κ1) is 12.0. The number of nitrogens with zero attached hydrogens (tertiary/aromatic N) is 1. The van der Waals surface area contributed by atoms with Crippen LogP contribution in [0.1, 0.15) is 39.0 Å². The zero-order valence-corrected chi connectivity index (χ0v) is 10.5. The number of rotatable bonds is 4. The lowest BCUT2D eigenvalue weighted by atomic mass is 10.0. The molecule has 1 unspecified atom stereocenters. The van der Waals surface area contributed by atoms with Gasteiger partial charge in [-0.15, -0.1) is 0 Å². The van der Waals surface area contributed by atoms with Crippen LogP contribution in [0.3, 0.4) is 0 Å². The fourth-order valence-corrected chi connectivity index (χ4v) is 4.49. The molecule has 1 atom stereocenters. The Morgan fingerprint density at radius 2 is 1.94 bits per heavy atom. The van der Waals surface area contributed by atoms with E-state index in [9.17, 15) is 13.2 Å². The van der Waals surface area contributed by atoms with Gasteiger partial charge >= 0.3 is 0 Å². The van der Waals surface area contributed by atoms with Gasteiger partial charge in [0.1, 0.15) is 5.78 Å². The monoisotopic (exact) mass is 245 g/mol. The van der Waals surface area contributed by atoms with Crippen molar-refractivity contribution in [3.63, 3.8) is 0 Å². The highest BCUT2D eigenvalue weighted by Gasteiger charge is 2.38. The van der Waals surface area contributed by atoms with E-state index in [1.165, 1.54) is 11.2 Å². The summed E-state index contributed by atoms with van der Waals surface area (Å²) in [7, 11) is -3.20. The molecule has 0 amide bonds. The highest BCUT2D eigenvalue weighted by Crippen LogP contribution is 2.32. The Kier molecular flexibility index (Phi) is 3.35. The van der Waals surface area contributed by atoms with E-state index < -0.39 is 16.1 Å². The fraction of sp³-hybridized carbons (Fsp3) is 0.909. The summed E-state index contributed by atoms with van der Waals surface area (Å²) < 4.78 is 25.7. The van der Waals surface area contributed by atoms with Gasteiger partial charge in [-0.1, -0.05) is 6.42 Å². The minimum Gasteiger partial charge on any atom is -0.298 e. The van der Waals surface area contributed by atoms with Crippen molar-refractivity contribution in [1.82, 2.24) is 4.31 Å². The van der Waals surface area contributed by atoms with Gasteiger partial charge in [-0.25, -0.2) is 8.42 Å². The van der Waals surface area contributed by atoms with Crippen LogP contribution in [-0.2, 0) is 14.8 Å². The van der Waals surface area contributed by atoms with Gasteiger partial charge in [-0.2, -0.15) is 4.31 Å². The summed E-state index contributed by atoms with van der Waals surface area (Å²) in [6.07, 6.45) is 4.59. The Balaban J connectivity index is 2.11. The summed E-state index contributed by atoms with van der Waals surface area (Å²) in [4.78, 5) is 11.5. The van der Waals surface area contributed by atoms with Crippen LogP contribution in [0.25, 0.3) is 0 Å². The maximum absolute atomic E-state index is 12.1. The maximum Gasteiger partial charge on any atom is 0.215 e. The second-order valence-corrected chi connectivity index (χ2v) is 6.92. The third-order valence-electron chi connectivity index (χ3n) is 3.42. The zero-order chi connectivity index (χ0) is 11.8. The van der Waals surface area contributed by atoms with Gasteiger partial charge in [0.15, 0.2) is 0 Å². The molecule has 0 aromatic carbocycles. The second-order valence-electron chi connectivity index (χ2n) is 4.95. The molecule has 4 nitrogen and oxygen atoms in total. The first-order valence-corrected chi connectivity index (χ1v) is 7.61. The Labute approximate surface area is 97.1 Å². The van der Waals surface area contributed by atoms with Gasteiger partial charge in [0, 0.05) is 6.54 Å². The summed E-state index contributed by atoms with van der Waals surface area (Å²) in [6, 6.07) is -0.391. The lowest BCUT2D eigenvalue weighted by Gasteiger charge is -2.33. The topological polar surface area (TPSA) is 54.5 Å². The third kappa shape index (κ3) is 2.63. The van der Waals surface area contributed by atoms with Crippen molar-refractivity contribution in [3.8, 4) is 0 Å². The highest BCUT2D eigenvalue weighted by atomic mass is 32.2. The fourth-order valence-electron chi connectivity index (χ4n) is 2.32. The molecule has 1 saturated carbocycles. The minimum absolute atomic E-state index is 0.0147. The van der Waals surface area contributed by atoms with E-state index in [4.69, 9.17) is 0 Å². The molecule has 5 heteroatoms. The van der Waals surface area contributed by atoms with Crippen LogP contribution in [0.2, 0.25) is 0 Å². The summed E-state index contributed by atoms with van der Waals surface area (Å²) in [5.74, 6) is 0.579. The van der Waals surface area contributed by atoms with Crippen molar-refractivity contribution in [2.75, 3.05) is 12.3 Å². The minimum atomic E-state index is -3.20. The molecule has 0 aromatic rings. The van der Waals surface area contributed by atoms with E-state index in [0.29, 0.717) is 18.9 Å². The van der Waals surface area contributed by atoms with E-state index in [-0.39, 0.29) is 11.5 Å². The molecule has 0 N–H and O–H groups in total. The average molecular weight is 245 g/mol. The van der Waals surface area contributed by atoms with Gasteiger partial charge < -0.3 is 0 Å². The second kappa shape index (κ2) is 4.45. The van der Waals surface area contributed by atoms with Crippen LogP contribution in [0, 0.1) is 5.92 Å². The van der Waals surface area contributed by atoms with Gasteiger partial charge in [0.25, 0.3) is 0 Å². The van der Waals surface area contributed by atoms with Crippen molar-refractivity contribution in [2.45, 2.75) is 45.1 Å².